The van der Waals surface area contributed by atoms with Gasteiger partial charge in [-0.1, -0.05) is 0 Å². The largest absolute Gasteiger partial charge is 0.354 e. The fraction of sp³-hybridized carbons (Fsp3) is 0.562. The SMILES string of the molecule is O=C(CN1C(=O)CCC1=O)NCC1CCN(c2ncccn2)CC1. The molecule has 0 spiro atoms. The summed E-state index contributed by atoms with van der Waals surface area (Å²) in [6.07, 6.45) is 5.78. The second-order valence-corrected chi connectivity index (χ2v) is 6.16. The average molecular weight is 331 g/mol. The molecule has 1 N–H and O–H groups in total. The van der Waals surface area contributed by atoms with Gasteiger partial charge in [0.05, 0.1) is 0 Å². The zero-order chi connectivity index (χ0) is 16.9. The maximum Gasteiger partial charge on any atom is 0.240 e. The standard InChI is InChI=1S/C16H21N5O3/c22-13(11-21-14(23)2-3-15(21)24)19-10-12-4-8-20(9-5-12)16-17-6-1-7-18-16/h1,6-7,12H,2-5,8-11H2,(H,19,22). The highest BCUT2D eigenvalue weighted by Gasteiger charge is 2.30. The van der Waals surface area contributed by atoms with Crippen molar-refractivity contribution in [1.82, 2.24) is 20.2 Å². The number of carbonyl (C=O) groups excluding carboxylic acids is 3. The van der Waals surface area contributed by atoms with E-state index in [2.05, 4.69) is 20.2 Å². The predicted octanol–water partition coefficient (Wildman–Crippen LogP) is -0.0418. The highest BCUT2D eigenvalue weighted by Crippen LogP contribution is 2.19. The normalized spacial score (nSPS) is 19.0. The van der Waals surface area contributed by atoms with E-state index in [1.165, 1.54) is 0 Å². The molecule has 3 rings (SSSR count). The van der Waals surface area contributed by atoms with E-state index in [0.29, 0.717) is 12.5 Å². The van der Waals surface area contributed by atoms with Crippen LogP contribution in [-0.2, 0) is 14.4 Å². The molecule has 0 unspecified atom stereocenters. The van der Waals surface area contributed by atoms with Gasteiger partial charge in [0.2, 0.25) is 23.7 Å². The van der Waals surface area contributed by atoms with E-state index in [0.717, 1.165) is 36.8 Å². The van der Waals surface area contributed by atoms with Gasteiger partial charge in [0.25, 0.3) is 0 Å². The summed E-state index contributed by atoms with van der Waals surface area (Å²) in [7, 11) is 0. The van der Waals surface area contributed by atoms with Crippen molar-refractivity contribution in [2.45, 2.75) is 25.7 Å². The molecular formula is C16H21N5O3. The first-order chi connectivity index (χ1) is 11.6. The number of anilines is 1. The smallest absolute Gasteiger partial charge is 0.240 e. The van der Waals surface area contributed by atoms with Gasteiger partial charge in [-0.15, -0.1) is 0 Å². The molecule has 128 valence electrons. The lowest BCUT2D eigenvalue weighted by molar-refractivity contribution is -0.142. The van der Waals surface area contributed by atoms with Gasteiger partial charge in [-0.05, 0) is 24.8 Å². The molecule has 2 saturated heterocycles. The molecule has 0 aromatic carbocycles. The summed E-state index contributed by atoms with van der Waals surface area (Å²) < 4.78 is 0. The highest BCUT2D eigenvalue weighted by atomic mass is 16.2. The zero-order valence-electron chi connectivity index (χ0n) is 13.5. The minimum absolute atomic E-state index is 0.158. The summed E-state index contributed by atoms with van der Waals surface area (Å²) in [5.74, 6) is 0.343. The van der Waals surface area contributed by atoms with Gasteiger partial charge in [0.15, 0.2) is 0 Å². The summed E-state index contributed by atoms with van der Waals surface area (Å²) in [5, 5.41) is 2.84. The van der Waals surface area contributed by atoms with Crippen LogP contribution in [-0.4, -0.2) is 58.8 Å². The van der Waals surface area contributed by atoms with Crippen LogP contribution < -0.4 is 10.2 Å². The number of piperidine rings is 1. The van der Waals surface area contributed by atoms with E-state index in [-0.39, 0.29) is 37.1 Å². The molecule has 0 atom stereocenters. The Labute approximate surface area is 140 Å². The van der Waals surface area contributed by atoms with Crippen molar-refractivity contribution in [3.05, 3.63) is 18.5 Å². The third-order valence-corrected chi connectivity index (χ3v) is 4.49. The van der Waals surface area contributed by atoms with Crippen LogP contribution in [0.2, 0.25) is 0 Å². The van der Waals surface area contributed by atoms with E-state index in [4.69, 9.17) is 0 Å². The van der Waals surface area contributed by atoms with Gasteiger partial charge >= 0.3 is 0 Å². The molecule has 2 aliphatic rings. The minimum atomic E-state index is -0.271. The number of likely N-dealkylation sites (tertiary alicyclic amines) is 1. The van der Waals surface area contributed by atoms with Crippen molar-refractivity contribution < 1.29 is 14.4 Å². The lowest BCUT2D eigenvalue weighted by atomic mass is 9.97. The van der Waals surface area contributed by atoms with Crippen molar-refractivity contribution in [3.8, 4) is 0 Å². The molecule has 3 heterocycles. The molecule has 8 heteroatoms. The number of rotatable bonds is 5. The summed E-state index contributed by atoms with van der Waals surface area (Å²) in [6.45, 7) is 2.12. The summed E-state index contributed by atoms with van der Waals surface area (Å²) in [5.41, 5.74) is 0. The van der Waals surface area contributed by atoms with Gasteiger partial charge in [0, 0.05) is 44.9 Å². The van der Waals surface area contributed by atoms with Crippen molar-refractivity contribution >= 4 is 23.7 Å². The number of imide groups is 1. The number of hydrogen-bond acceptors (Lipinski definition) is 6. The third kappa shape index (κ3) is 3.87. The maximum atomic E-state index is 11.9. The molecular weight excluding hydrogens is 310 g/mol. The van der Waals surface area contributed by atoms with E-state index >= 15 is 0 Å². The van der Waals surface area contributed by atoms with Crippen molar-refractivity contribution in [1.29, 1.82) is 0 Å². The summed E-state index contributed by atoms with van der Waals surface area (Å²) in [6, 6.07) is 1.79. The molecule has 8 nitrogen and oxygen atoms in total. The van der Waals surface area contributed by atoms with Crippen LogP contribution in [0.15, 0.2) is 18.5 Å². The second kappa shape index (κ2) is 7.37. The lowest BCUT2D eigenvalue weighted by Gasteiger charge is -2.32. The average Bonchev–Trinajstić information content (AvgIpc) is 2.93. The Kier molecular flexibility index (Phi) is 5.02. The Balaban J connectivity index is 1.40. The van der Waals surface area contributed by atoms with Gasteiger partial charge in [-0.25, -0.2) is 9.97 Å². The van der Waals surface area contributed by atoms with Crippen LogP contribution in [0.1, 0.15) is 25.7 Å². The molecule has 3 amide bonds. The second-order valence-electron chi connectivity index (χ2n) is 6.16. The quantitative estimate of drug-likeness (QED) is 0.761. The van der Waals surface area contributed by atoms with Crippen molar-refractivity contribution in [2.75, 3.05) is 31.1 Å². The van der Waals surface area contributed by atoms with Gasteiger partial charge in [-0.3, -0.25) is 19.3 Å². The van der Waals surface area contributed by atoms with E-state index in [9.17, 15) is 14.4 Å². The zero-order valence-corrected chi connectivity index (χ0v) is 13.5. The monoisotopic (exact) mass is 331 g/mol. The molecule has 1 aromatic rings. The molecule has 0 radical (unpaired) electrons. The number of nitrogens with zero attached hydrogens (tertiary/aromatic N) is 4. The van der Waals surface area contributed by atoms with Gasteiger partial charge in [0.1, 0.15) is 6.54 Å². The number of aromatic nitrogens is 2. The van der Waals surface area contributed by atoms with Crippen LogP contribution in [0.4, 0.5) is 5.95 Å². The van der Waals surface area contributed by atoms with E-state index < -0.39 is 0 Å². The maximum absolute atomic E-state index is 11.9. The first-order valence-corrected chi connectivity index (χ1v) is 8.25. The minimum Gasteiger partial charge on any atom is -0.354 e. The summed E-state index contributed by atoms with van der Waals surface area (Å²) in [4.78, 5) is 46.6. The molecule has 1 aromatic heterocycles. The van der Waals surface area contributed by atoms with Crippen LogP contribution in [0.5, 0.6) is 0 Å². The first-order valence-electron chi connectivity index (χ1n) is 8.25. The van der Waals surface area contributed by atoms with E-state index in [1.807, 2.05) is 0 Å². The van der Waals surface area contributed by atoms with Gasteiger partial charge in [-0.2, -0.15) is 0 Å². The number of nitrogens with one attached hydrogen (secondary N) is 1. The Morgan fingerprint density at radius 1 is 1.12 bits per heavy atom. The molecule has 0 bridgehead atoms. The molecule has 2 fully saturated rings. The number of carbonyl (C=O) groups is 3. The Morgan fingerprint density at radius 3 is 2.38 bits per heavy atom. The molecule has 0 aliphatic carbocycles. The lowest BCUT2D eigenvalue weighted by Crippen LogP contribution is -2.43. The topological polar surface area (TPSA) is 95.5 Å². The van der Waals surface area contributed by atoms with Crippen LogP contribution >= 0.6 is 0 Å². The third-order valence-electron chi connectivity index (χ3n) is 4.49. The molecule has 0 saturated carbocycles. The van der Waals surface area contributed by atoms with Gasteiger partial charge < -0.3 is 10.2 Å². The predicted molar refractivity (Wildman–Crippen MR) is 85.9 cm³/mol. The van der Waals surface area contributed by atoms with Crippen LogP contribution in [0.25, 0.3) is 0 Å². The fourth-order valence-electron chi connectivity index (χ4n) is 3.05. The fourth-order valence-corrected chi connectivity index (χ4v) is 3.05. The van der Waals surface area contributed by atoms with E-state index in [1.54, 1.807) is 18.5 Å². The molecule has 2 aliphatic heterocycles. The van der Waals surface area contributed by atoms with Crippen LogP contribution in [0.3, 0.4) is 0 Å². The summed E-state index contributed by atoms with van der Waals surface area (Å²) >= 11 is 0. The van der Waals surface area contributed by atoms with Crippen molar-refractivity contribution in [3.63, 3.8) is 0 Å². The first kappa shape index (κ1) is 16.4. The molecule has 24 heavy (non-hydrogen) atoms. The van der Waals surface area contributed by atoms with Crippen molar-refractivity contribution in [2.24, 2.45) is 5.92 Å². The Hall–Kier alpha value is -2.51. The number of amides is 3. The Morgan fingerprint density at radius 2 is 1.75 bits per heavy atom. The number of hydrogen-bond donors (Lipinski definition) is 1. The Bertz CT molecular complexity index is 597. The highest BCUT2D eigenvalue weighted by molar-refractivity contribution is 6.04. The van der Waals surface area contributed by atoms with Crippen LogP contribution in [0, 0.1) is 5.92 Å².